The standard InChI is InChI=1S/C11H10N4O3/c1-15-9(8(6-13-15)11(17)18)10(16)14-7-2-4-12-5-3-7/h2-6H,1H3,(H,17,18)(H,12,14,16). The van der Waals surface area contributed by atoms with E-state index in [0.29, 0.717) is 5.69 Å². The van der Waals surface area contributed by atoms with Crippen molar-refractivity contribution in [2.24, 2.45) is 7.05 Å². The molecule has 2 N–H and O–H groups in total. The van der Waals surface area contributed by atoms with Crippen LogP contribution in [0.1, 0.15) is 20.8 Å². The predicted molar refractivity (Wildman–Crippen MR) is 62.4 cm³/mol. The molecule has 18 heavy (non-hydrogen) atoms. The topological polar surface area (TPSA) is 97.1 Å². The number of aromatic nitrogens is 3. The van der Waals surface area contributed by atoms with Gasteiger partial charge in [0.15, 0.2) is 0 Å². The van der Waals surface area contributed by atoms with E-state index in [-0.39, 0.29) is 11.3 Å². The summed E-state index contributed by atoms with van der Waals surface area (Å²) in [4.78, 5) is 26.7. The summed E-state index contributed by atoms with van der Waals surface area (Å²) >= 11 is 0. The van der Waals surface area contributed by atoms with Gasteiger partial charge in [-0.05, 0) is 12.1 Å². The van der Waals surface area contributed by atoms with Crippen molar-refractivity contribution in [3.63, 3.8) is 0 Å². The molecule has 2 aromatic rings. The van der Waals surface area contributed by atoms with Crippen LogP contribution in [0.25, 0.3) is 0 Å². The first kappa shape index (κ1) is 11.8. The summed E-state index contributed by atoms with van der Waals surface area (Å²) in [5.74, 6) is -1.72. The molecule has 0 atom stereocenters. The highest BCUT2D eigenvalue weighted by Crippen LogP contribution is 2.11. The number of pyridine rings is 1. The first-order valence-electron chi connectivity index (χ1n) is 5.06. The lowest BCUT2D eigenvalue weighted by molar-refractivity contribution is 0.0692. The lowest BCUT2D eigenvalue weighted by atomic mass is 10.2. The minimum atomic E-state index is -1.19. The average molecular weight is 246 g/mol. The molecule has 0 radical (unpaired) electrons. The van der Waals surface area contributed by atoms with E-state index < -0.39 is 11.9 Å². The highest BCUT2D eigenvalue weighted by Gasteiger charge is 2.21. The van der Waals surface area contributed by atoms with Crippen LogP contribution in [0.5, 0.6) is 0 Å². The fourth-order valence-corrected chi connectivity index (χ4v) is 1.49. The molecule has 2 rings (SSSR count). The van der Waals surface area contributed by atoms with Crippen molar-refractivity contribution in [3.8, 4) is 0 Å². The van der Waals surface area contributed by atoms with Gasteiger partial charge < -0.3 is 10.4 Å². The van der Waals surface area contributed by atoms with Gasteiger partial charge >= 0.3 is 5.97 Å². The largest absolute Gasteiger partial charge is 0.478 e. The molecule has 1 amide bonds. The Bertz CT molecular complexity index is 592. The van der Waals surface area contributed by atoms with Crippen LogP contribution in [0, 0.1) is 0 Å². The zero-order chi connectivity index (χ0) is 13.1. The number of carbonyl (C=O) groups is 2. The minimum Gasteiger partial charge on any atom is -0.478 e. The van der Waals surface area contributed by atoms with Gasteiger partial charge in [0.2, 0.25) is 0 Å². The van der Waals surface area contributed by atoms with Crippen molar-refractivity contribution in [1.82, 2.24) is 14.8 Å². The number of nitrogens with zero attached hydrogens (tertiary/aromatic N) is 3. The molecule has 2 aromatic heterocycles. The van der Waals surface area contributed by atoms with Crippen LogP contribution in [-0.4, -0.2) is 31.7 Å². The summed E-state index contributed by atoms with van der Waals surface area (Å²) < 4.78 is 1.22. The van der Waals surface area contributed by atoms with E-state index in [9.17, 15) is 9.59 Å². The number of rotatable bonds is 3. The average Bonchev–Trinajstić information content (AvgIpc) is 2.72. The van der Waals surface area contributed by atoms with Gasteiger partial charge in [0.1, 0.15) is 11.3 Å². The number of nitrogens with one attached hydrogen (secondary N) is 1. The number of amides is 1. The van der Waals surface area contributed by atoms with Crippen LogP contribution in [-0.2, 0) is 7.05 Å². The number of carboxylic acids is 1. The van der Waals surface area contributed by atoms with Crippen LogP contribution in [0.15, 0.2) is 30.7 Å². The van der Waals surface area contributed by atoms with Crippen LogP contribution in [0.2, 0.25) is 0 Å². The Hall–Kier alpha value is -2.70. The number of aryl methyl sites for hydroxylation is 1. The molecule has 0 saturated carbocycles. The SMILES string of the molecule is Cn1ncc(C(=O)O)c1C(=O)Nc1ccncc1. The van der Waals surface area contributed by atoms with E-state index in [1.54, 1.807) is 12.1 Å². The fraction of sp³-hybridized carbons (Fsp3) is 0.0909. The van der Waals surface area contributed by atoms with Gasteiger partial charge in [-0.2, -0.15) is 5.10 Å². The molecule has 0 aromatic carbocycles. The van der Waals surface area contributed by atoms with Crippen molar-refractivity contribution in [1.29, 1.82) is 0 Å². The predicted octanol–water partition coefficient (Wildman–Crippen LogP) is 0.766. The molecule has 0 aliphatic carbocycles. The molecule has 0 spiro atoms. The maximum atomic E-state index is 12.0. The third-order valence-corrected chi connectivity index (χ3v) is 2.32. The first-order valence-corrected chi connectivity index (χ1v) is 5.06. The highest BCUT2D eigenvalue weighted by molar-refractivity contribution is 6.09. The van der Waals surface area contributed by atoms with Gasteiger partial charge in [-0.3, -0.25) is 14.5 Å². The summed E-state index contributed by atoms with van der Waals surface area (Å²) in [6, 6.07) is 3.21. The number of carbonyl (C=O) groups excluding carboxylic acids is 1. The Kier molecular flexibility index (Phi) is 3.05. The summed E-state index contributed by atoms with van der Waals surface area (Å²) in [5, 5.41) is 15.3. The molecule has 0 unspecified atom stereocenters. The Morgan fingerprint density at radius 1 is 1.33 bits per heavy atom. The lowest BCUT2D eigenvalue weighted by Gasteiger charge is -2.05. The molecular formula is C11H10N4O3. The number of anilines is 1. The third kappa shape index (κ3) is 2.19. The normalized spacial score (nSPS) is 10.1. The van der Waals surface area contributed by atoms with E-state index in [0.717, 1.165) is 6.20 Å². The number of hydrogen-bond donors (Lipinski definition) is 2. The van der Waals surface area contributed by atoms with Crippen molar-refractivity contribution in [3.05, 3.63) is 42.0 Å². The number of hydrogen-bond acceptors (Lipinski definition) is 4. The smallest absolute Gasteiger partial charge is 0.339 e. The molecule has 7 heteroatoms. The monoisotopic (exact) mass is 246 g/mol. The van der Waals surface area contributed by atoms with E-state index in [2.05, 4.69) is 15.4 Å². The summed E-state index contributed by atoms with van der Waals surface area (Å²) in [6.45, 7) is 0. The second kappa shape index (κ2) is 4.66. The molecule has 0 fully saturated rings. The molecular weight excluding hydrogens is 236 g/mol. The third-order valence-electron chi connectivity index (χ3n) is 2.32. The quantitative estimate of drug-likeness (QED) is 0.833. The zero-order valence-corrected chi connectivity index (χ0v) is 9.49. The van der Waals surface area contributed by atoms with Gasteiger partial charge in [0.25, 0.3) is 5.91 Å². The first-order chi connectivity index (χ1) is 8.59. The molecule has 0 bridgehead atoms. The molecule has 2 heterocycles. The molecule has 7 nitrogen and oxygen atoms in total. The minimum absolute atomic E-state index is 0.000637. The Morgan fingerprint density at radius 3 is 2.61 bits per heavy atom. The van der Waals surface area contributed by atoms with Crippen LogP contribution in [0.3, 0.4) is 0 Å². The fourth-order valence-electron chi connectivity index (χ4n) is 1.49. The maximum Gasteiger partial charge on any atom is 0.339 e. The van der Waals surface area contributed by atoms with Crippen LogP contribution in [0.4, 0.5) is 5.69 Å². The summed E-state index contributed by atoms with van der Waals surface area (Å²) in [5.41, 5.74) is 0.399. The highest BCUT2D eigenvalue weighted by atomic mass is 16.4. The number of carboxylic acid groups (broad SMARTS) is 1. The van der Waals surface area contributed by atoms with E-state index in [1.165, 1.54) is 24.1 Å². The Morgan fingerprint density at radius 2 is 2.00 bits per heavy atom. The van der Waals surface area contributed by atoms with Crippen molar-refractivity contribution in [2.45, 2.75) is 0 Å². The van der Waals surface area contributed by atoms with E-state index >= 15 is 0 Å². The molecule has 0 saturated heterocycles. The van der Waals surface area contributed by atoms with Gasteiger partial charge in [-0.25, -0.2) is 4.79 Å². The lowest BCUT2D eigenvalue weighted by Crippen LogP contribution is -2.19. The summed E-state index contributed by atoms with van der Waals surface area (Å²) in [7, 11) is 1.51. The van der Waals surface area contributed by atoms with Gasteiger partial charge in [0, 0.05) is 25.1 Å². The van der Waals surface area contributed by atoms with E-state index in [4.69, 9.17) is 5.11 Å². The number of aromatic carboxylic acids is 1. The zero-order valence-electron chi connectivity index (χ0n) is 9.49. The van der Waals surface area contributed by atoms with Crippen LogP contribution >= 0.6 is 0 Å². The van der Waals surface area contributed by atoms with Crippen molar-refractivity contribution in [2.75, 3.05) is 5.32 Å². The van der Waals surface area contributed by atoms with Gasteiger partial charge in [-0.1, -0.05) is 0 Å². The van der Waals surface area contributed by atoms with E-state index in [1.807, 2.05) is 0 Å². The van der Waals surface area contributed by atoms with Gasteiger partial charge in [0.05, 0.1) is 6.20 Å². The van der Waals surface area contributed by atoms with Crippen molar-refractivity contribution < 1.29 is 14.7 Å². The van der Waals surface area contributed by atoms with Crippen LogP contribution < -0.4 is 5.32 Å². The second-order valence-corrected chi connectivity index (χ2v) is 3.53. The maximum absolute atomic E-state index is 12.0. The molecule has 92 valence electrons. The summed E-state index contributed by atoms with van der Waals surface area (Å²) in [6.07, 6.45) is 4.19. The van der Waals surface area contributed by atoms with Gasteiger partial charge in [-0.15, -0.1) is 0 Å². The Balaban J connectivity index is 2.29. The second-order valence-electron chi connectivity index (χ2n) is 3.53. The molecule has 0 aliphatic heterocycles. The van der Waals surface area contributed by atoms with Crippen molar-refractivity contribution >= 4 is 17.6 Å². The Labute approximate surface area is 102 Å². The molecule has 0 aliphatic rings.